The van der Waals surface area contributed by atoms with Crippen LogP contribution >= 0.6 is 11.3 Å². The fourth-order valence-electron chi connectivity index (χ4n) is 1.79. The zero-order chi connectivity index (χ0) is 14.2. The molecule has 1 aromatic heterocycles. The SMILES string of the molecule is COc1ccccc1OCCNCC(O)c1ccsc1. The third kappa shape index (κ3) is 4.23. The van der Waals surface area contributed by atoms with E-state index in [1.54, 1.807) is 18.4 Å². The number of thiophene rings is 1. The van der Waals surface area contributed by atoms with Crippen molar-refractivity contribution in [3.05, 3.63) is 46.7 Å². The summed E-state index contributed by atoms with van der Waals surface area (Å²) in [6.45, 7) is 1.71. The fraction of sp³-hybridized carbons (Fsp3) is 0.333. The number of para-hydroxylation sites is 2. The van der Waals surface area contributed by atoms with Gasteiger partial charge in [-0.2, -0.15) is 11.3 Å². The van der Waals surface area contributed by atoms with Crippen molar-refractivity contribution < 1.29 is 14.6 Å². The molecule has 0 saturated carbocycles. The molecule has 4 nitrogen and oxygen atoms in total. The van der Waals surface area contributed by atoms with Crippen LogP contribution < -0.4 is 14.8 Å². The zero-order valence-corrected chi connectivity index (χ0v) is 12.2. The largest absolute Gasteiger partial charge is 0.493 e. The summed E-state index contributed by atoms with van der Waals surface area (Å²) in [5.74, 6) is 1.46. The van der Waals surface area contributed by atoms with Gasteiger partial charge >= 0.3 is 0 Å². The number of aliphatic hydroxyl groups excluding tert-OH is 1. The lowest BCUT2D eigenvalue weighted by atomic mass is 10.2. The van der Waals surface area contributed by atoms with Crippen LogP contribution in [0.4, 0.5) is 0 Å². The number of methoxy groups -OCH3 is 1. The standard InChI is InChI=1S/C15H19NO3S/c1-18-14-4-2-3-5-15(14)19-8-7-16-10-13(17)12-6-9-20-11-12/h2-6,9,11,13,16-17H,7-8,10H2,1H3. The van der Waals surface area contributed by atoms with Crippen molar-refractivity contribution in [1.82, 2.24) is 5.32 Å². The van der Waals surface area contributed by atoms with Crippen LogP contribution in [-0.2, 0) is 0 Å². The Hall–Kier alpha value is -1.56. The molecular formula is C15H19NO3S. The fourth-order valence-corrected chi connectivity index (χ4v) is 2.50. The lowest BCUT2D eigenvalue weighted by Crippen LogP contribution is -2.26. The summed E-state index contributed by atoms with van der Waals surface area (Å²) in [5.41, 5.74) is 0.952. The van der Waals surface area contributed by atoms with Gasteiger partial charge in [-0.15, -0.1) is 0 Å². The number of nitrogens with one attached hydrogen (secondary N) is 1. The molecule has 0 bridgehead atoms. The highest BCUT2D eigenvalue weighted by Gasteiger charge is 2.07. The van der Waals surface area contributed by atoms with Crippen LogP contribution in [0.15, 0.2) is 41.1 Å². The molecule has 0 fully saturated rings. The molecule has 2 rings (SSSR count). The maximum atomic E-state index is 9.89. The van der Waals surface area contributed by atoms with Crippen molar-refractivity contribution in [1.29, 1.82) is 0 Å². The first-order valence-electron chi connectivity index (χ1n) is 6.48. The Labute approximate surface area is 123 Å². The van der Waals surface area contributed by atoms with Crippen LogP contribution in [-0.4, -0.2) is 31.9 Å². The van der Waals surface area contributed by atoms with E-state index in [1.165, 1.54) is 0 Å². The highest BCUT2D eigenvalue weighted by Crippen LogP contribution is 2.25. The zero-order valence-electron chi connectivity index (χ0n) is 11.4. The number of benzene rings is 1. The van der Waals surface area contributed by atoms with Gasteiger partial charge in [0.05, 0.1) is 13.2 Å². The van der Waals surface area contributed by atoms with E-state index < -0.39 is 6.10 Å². The molecule has 0 aliphatic rings. The molecule has 1 atom stereocenters. The smallest absolute Gasteiger partial charge is 0.161 e. The molecule has 1 unspecified atom stereocenters. The van der Waals surface area contributed by atoms with Crippen LogP contribution in [0.3, 0.4) is 0 Å². The van der Waals surface area contributed by atoms with Gasteiger partial charge < -0.3 is 19.9 Å². The Kier molecular flexibility index (Phi) is 5.86. The van der Waals surface area contributed by atoms with E-state index in [9.17, 15) is 5.11 Å². The molecule has 0 aliphatic heterocycles. The average molecular weight is 293 g/mol. The lowest BCUT2D eigenvalue weighted by Gasteiger charge is -2.12. The molecule has 1 aromatic carbocycles. The van der Waals surface area contributed by atoms with Gasteiger partial charge in [-0.05, 0) is 34.5 Å². The summed E-state index contributed by atoms with van der Waals surface area (Å²) in [4.78, 5) is 0. The highest BCUT2D eigenvalue weighted by molar-refractivity contribution is 7.07. The molecular weight excluding hydrogens is 274 g/mol. The van der Waals surface area contributed by atoms with Gasteiger partial charge in [0.15, 0.2) is 11.5 Å². The van der Waals surface area contributed by atoms with Gasteiger partial charge in [0.2, 0.25) is 0 Å². The Morgan fingerprint density at radius 1 is 1.25 bits per heavy atom. The third-order valence-electron chi connectivity index (χ3n) is 2.87. The number of aliphatic hydroxyl groups is 1. The van der Waals surface area contributed by atoms with Gasteiger partial charge in [0.1, 0.15) is 6.61 Å². The molecule has 0 spiro atoms. The number of hydrogen-bond acceptors (Lipinski definition) is 5. The molecule has 2 N–H and O–H groups in total. The maximum Gasteiger partial charge on any atom is 0.161 e. The lowest BCUT2D eigenvalue weighted by molar-refractivity contribution is 0.172. The third-order valence-corrected chi connectivity index (χ3v) is 3.57. The van der Waals surface area contributed by atoms with Gasteiger partial charge in [0, 0.05) is 13.1 Å². The Morgan fingerprint density at radius 3 is 2.75 bits per heavy atom. The number of ether oxygens (including phenoxy) is 2. The quantitative estimate of drug-likeness (QED) is 0.734. The molecule has 0 radical (unpaired) electrons. The first-order valence-corrected chi connectivity index (χ1v) is 7.42. The van der Waals surface area contributed by atoms with Gasteiger partial charge in [-0.25, -0.2) is 0 Å². The highest BCUT2D eigenvalue weighted by atomic mass is 32.1. The Morgan fingerprint density at radius 2 is 2.05 bits per heavy atom. The molecule has 5 heteroatoms. The Bertz CT molecular complexity index is 502. The molecule has 20 heavy (non-hydrogen) atoms. The second-order valence-electron chi connectivity index (χ2n) is 4.28. The number of rotatable bonds is 8. The summed E-state index contributed by atoms with van der Waals surface area (Å²) in [6.07, 6.45) is -0.465. The summed E-state index contributed by atoms with van der Waals surface area (Å²) in [5, 5.41) is 17.0. The average Bonchev–Trinajstić information content (AvgIpc) is 3.01. The topological polar surface area (TPSA) is 50.7 Å². The second kappa shape index (κ2) is 7.89. The monoisotopic (exact) mass is 293 g/mol. The van der Waals surface area contributed by atoms with Crippen molar-refractivity contribution in [2.45, 2.75) is 6.10 Å². The van der Waals surface area contributed by atoms with E-state index in [2.05, 4.69) is 5.32 Å². The molecule has 0 amide bonds. The first kappa shape index (κ1) is 14.8. The predicted octanol–water partition coefficient (Wildman–Crippen LogP) is 2.46. The first-order chi connectivity index (χ1) is 9.81. The van der Waals surface area contributed by atoms with Gasteiger partial charge in [-0.1, -0.05) is 12.1 Å². The minimum absolute atomic E-state index is 0.465. The van der Waals surface area contributed by atoms with E-state index in [0.29, 0.717) is 19.7 Å². The summed E-state index contributed by atoms with van der Waals surface area (Å²) < 4.78 is 10.8. The van der Waals surface area contributed by atoms with Crippen LogP contribution in [0.2, 0.25) is 0 Å². The molecule has 0 aliphatic carbocycles. The molecule has 1 heterocycles. The minimum atomic E-state index is -0.465. The normalized spacial score (nSPS) is 12.1. The second-order valence-corrected chi connectivity index (χ2v) is 5.06. The minimum Gasteiger partial charge on any atom is -0.493 e. The summed E-state index contributed by atoms with van der Waals surface area (Å²) >= 11 is 1.59. The summed E-state index contributed by atoms with van der Waals surface area (Å²) in [7, 11) is 1.62. The van der Waals surface area contributed by atoms with E-state index in [1.807, 2.05) is 41.1 Å². The van der Waals surface area contributed by atoms with E-state index in [0.717, 1.165) is 17.1 Å². The van der Waals surface area contributed by atoms with Crippen LogP contribution in [0.25, 0.3) is 0 Å². The van der Waals surface area contributed by atoms with E-state index in [-0.39, 0.29) is 0 Å². The summed E-state index contributed by atoms with van der Waals surface area (Å²) in [6, 6.07) is 9.48. The number of hydrogen-bond donors (Lipinski definition) is 2. The van der Waals surface area contributed by atoms with Crippen molar-refractivity contribution in [3.63, 3.8) is 0 Å². The van der Waals surface area contributed by atoms with Crippen LogP contribution in [0, 0.1) is 0 Å². The van der Waals surface area contributed by atoms with Crippen LogP contribution in [0.5, 0.6) is 11.5 Å². The van der Waals surface area contributed by atoms with Crippen molar-refractivity contribution >= 4 is 11.3 Å². The van der Waals surface area contributed by atoms with Crippen molar-refractivity contribution in [2.24, 2.45) is 0 Å². The van der Waals surface area contributed by atoms with E-state index in [4.69, 9.17) is 9.47 Å². The van der Waals surface area contributed by atoms with E-state index >= 15 is 0 Å². The Balaban J connectivity index is 1.67. The van der Waals surface area contributed by atoms with Crippen LogP contribution in [0.1, 0.15) is 11.7 Å². The molecule has 0 saturated heterocycles. The molecule has 108 valence electrons. The molecule has 2 aromatic rings. The predicted molar refractivity (Wildman–Crippen MR) is 80.6 cm³/mol. The van der Waals surface area contributed by atoms with Crippen molar-refractivity contribution in [3.8, 4) is 11.5 Å². The van der Waals surface area contributed by atoms with Gasteiger partial charge in [-0.3, -0.25) is 0 Å². The van der Waals surface area contributed by atoms with Gasteiger partial charge in [0.25, 0.3) is 0 Å². The van der Waals surface area contributed by atoms with Crippen molar-refractivity contribution in [2.75, 3.05) is 26.8 Å². The maximum absolute atomic E-state index is 9.89.